The molecule has 0 N–H and O–H groups in total. The van der Waals surface area contributed by atoms with Gasteiger partial charge in [0, 0.05) is 22.3 Å². The lowest BCUT2D eigenvalue weighted by Gasteiger charge is -2.25. The Morgan fingerprint density at radius 2 is 0.581 bits per heavy atom. The van der Waals surface area contributed by atoms with E-state index in [1.165, 1.54) is 0 Å². The van der Waals surface area contributed by atoms with Crippen molar-refractivity contribution >= 4 is 17.2 Å². The molecule has 2 aliphatic heterocycles. The summed E-state index contributed by atoms with van der Waals surface area (Å²) in [5.74, 6) is 1.29. The minimum Gasteiger partial charge on any atom is -0.425 e. The summed E-state index contributed by atoms with van der Waals surface area (Å²) in [6, 6.07) is 70.1. The topological polar surface area (TPSA) is 55.4 Å². The molecular weight excluding hydrogens is 807 g/mol. The van der Waals surface area contributed by atoms with Gasteiger partial charge in [-0.2, -0.15) is 0 Å². The molecule has 0 saturated carbocycles. The molecule has 0 radical (unpaired) electrons. The van der Waals surface area contributed by atoms with Gasteiger partial charge in [0.15, 0.2) is 0 Å². The van der Waals surface area contributed by atoms with Gasteiger partial charge in [-0.1, -0.05) is 206 Å². The van der Waals surface area contributed by atoms with E-state index in [1.54, 1.807) is 0 Å². The van der Waals surface area contributed by atoms with Crippen molar-refractivity contribution in [1.82, 2.24) is 0 Å². The number of hydrogen-bond donors (Lipinski definition) is 0. The Labute approximate surface area is 365 Å². The quantitative estimate of drug-likeness (QED) is 0.121. The first kappa shape index (κ1) is 40.2. The Morgan fingerprint density at radius 1 is 0.323 bits per heavy atom. The van der Waals surface area contributed by atoms with E-state index < -0.39 is 17.2 Å². The molecule has 0 spiro atoms. The predicted octanol–water partition coefficient (Wildman–Crippen LogP) is 15.6. The summed E-state index contributed by atoms with van der Waals surface area (Å²) in [6.07, 6.45) is -1.52. The van der Waals surface area contributed by atoms with E-state index in [0.29, 0.717) is 11.5 Å². The number of hydrogen-bond acceptors (Lipinski definition) is 6. The maximum atomic E-state index is 7.21. The Hall–Kier alpha value is -5.94. The Morgan fingerprint density at radius 3 is 0.855 bits per heavy atom. The molecule has 62 heavy (non-hydrogen) atoms. The molecule has 2 heterocycles. The van der Waals surface area contributed by atoms with Gasteiger partial charge in [-0.05, 0) is 58.4 Å². The van der Waals surface area contributed by atoms with E-state index in [9.17, 15) is 0 Å². The predicted molar refractivity (Wildman–Crippen MR) is 248 cm³/mol. The fourth-order valence-electron chi connectivity index (χ4n) is 8.25. The third-order valence-corrected chi connectivity index (χ3v) is 13.6. The molecule has 0 amide bonds. The summed E-state index contributed by atoms with van der Waals surface area (Å²) < 4.78 is 41.9. The monoisotopic (exact) mass is 850 g/mol. The van der Waals surface area contributed by atoms with Crippen molar-refractivity contribution in [3.05, 3.63) is 240 Å². The summed E-state index contributed by atoms with van der Waals surface area (Å²) in [5, 5.41) is 0. The average Bonchev–Trinajstić information content (AvgIpc) is 3.96. The van der Waals surface area contributed by atoms with E-state index in [1.807, 2.05) is 109 Å². The Bertz CT molecular complexity index is 2460. The van der Waals surface area contributed by atoms with Crippen molar-refractivity contribution in [3.63, 3.8) is 0 Å². The zero-order chi connectivity index (χ0) is 41.8. The molecule has 2 saturated heterocycles. The van der Waals surface area contributed by atoms with Gasteiger partial charge in [0.2, 0.25) is 0 Å². The Kier molecular flexibility index (Phi) is 11.8. The first-order valence-corrected chi connectivity index (χ1v) is 23.0. The van der Waals surface area contributed by atoms with Gasteiger partial charge < -0.3 is 9.05 Å². The van der Waals surface area contributed by atoms with Crippen LogP contribution in [0.3, 0.4) is 0 Å². The molecule has 0 aliphatic carbocycles. The van der Waals surface area contributed by atoms with Crippen molar-refractivity contribution < 1.29 is 27.1 Å². The van der Waals surface area contributed by atoms with E-state index in [2.05, 4.69) is 111 Å². The van der Waals surface area contributed by atoms with Gasteiger partial charge >= 0.3 is 17.2 Å². The second-order valence-electron chi connectivity index (χ2n) is 15.4. The normalized spacial score (nSPS) is 19.1. The number of rotatable bonds is 11. The van der Waals surface area contributed by atoms with Crippen molar-refractivity contribution in [1.29, 1.82) is 0 Å². The second kappa shape index (κ2) is 18.2. The van der Waals surface area contributed by atoms with Gasteiger partial charge in [-0.15, -0.1) is 0 Å². The zero-order valence-electron chi connectivity index (χ0n) is 34.3. The van der Waals surface area contributed by atoms with Crippen molar-refractivity contribution in [2.24, 2.45) is 0 Å². The molecule has 306 valence electrons. The lowest BCUT2D eigenvalue weighted by Crippen LogP contribution is -2.06. The fourth-order valence-corrected chi connectivity index (χ4v) is 10.9. The highest BCUT2D eigenvalue weighted by Crippen LogP contribution is 2.64. The second-order valence-corrected chi connectivity index (χ2v) is 17.5. The SMILES string of the molecule is Cc1ccc(-c2ccccc2)c(OP2O[C@@H](c3ccccc3)[C@H](c3ccccc3)O2)c1-c1c(C)ccc(-c2ccccc2)c1OP1O[C@@H](c2ccccc2)[C@H](c2ccccc2)O1. The third kappa shape index (κ3) is 8.22. The first-order valence-electron chi connectivity index (χ1n) is 20.8. The highest BCUT2D eigenvalue weighted by Gasteiger charge is 2.44. The average molecular weight is 851 g/mol. The van der Waals surface area contributed by atoms with Crippen LogP contribution in [-0.2, 0) is 18.1 Å². The molecule has 2 fully saturated rings. The highest BCUT2D eigenvalue weighted by atomic mass is 31.2. The largest absolute Gasteiger partial charge is 0.425 e. The molecule has 8 aromatic carbocycles. The Balaban J connectivity index is 1.12. The van der Waals surface area contributed by atoms with Crippen LogP contribution in [0.2, 0.25) is 0 Å². The summed E-state index contributed by atoms with van der Waals surface area (Å²) >= 11 is 0. The van der Waals surface area contributed by atoms with Crippen LogP contribution in [0.4, 0.5) is 0 Å². The molecule has 0 aromatic heterocycles. The third-order valence-electron chi connectivity index (χ3n) is 11.3. The van der Waals surface area contributed by atoms with Crippen LogP contribution in [0.1, 0.15) is 57.8 Å². The van der Waals surface area contributed by atoms with Gasteiger partial charge in [0.05, 0.1) is 0 Å². The molecule has 0 unspecified atom stereocenters. The van der Waals surface area contributed by atoms with Crippen LogP contribution in [0.15, 0.2) is 206 Å². The number of benzene rings is 8. The molecule has 0 bridgehead atoms. The molecule has 4 atom stereocenters. The summed E-state index contributed by atoms with van der Waals surface area (Å²) in [6.45, 7) is 4.23. The van der Waals surface area contributed by atoms with Gasteiger partial charge in [0.1, 0.15) is 35.9 Å². The molecular formula is C54H44O6P2. The van der Waals surface area contributed by atoms with E-state index in [0.717, 1.165) is 66.8 Å². The van der Waals surface area contributed by atoms with E-state index in [-0.39, 0.29) is 24.4 Å². The molecule has 6 nitrogen and oxygen atoms in total. The summed E-state index contributed by atoms with van der Waals surface area (Å²) in [7, 11) is -3.81. The van der Waals surface area contributed by atoms with Crippen LogP contribution < -0.4 is 9.05 Å². The van der Waals surface area contributed by atoms with E-state index >= 15 is 0 Å². The summed E-state index contributed by atoms with van der Waals surface area (Å²) in [4.78, 5) is 0. The molecule has 10 rings (SSSR count). The van der Waals surface area contributed by atoms with Gasteiger partial charge in [-0.25, -0.2) is 0 Å². The number of aryl methyl sites for hydroxylation is 2. The smallest absolute Gasteiger partial charge is 0.398 e. The van der Waals surface area contributed by atoms with Gasteiger partial charge in [-0.3, -0.25) is 18.1 Å². The minimum absolute atomic E-state index is 0.380. The lowest BCUT2D eigenvalue weighted by molar-refractivity contribution is 0.159. The molecule has 2 aliphatic rings. The zero-order valence-corrected chi connectivity index (χ0v) is 36.1. The first-order chi connectivity index (χ1) is 30.6. The minimum atomic E-state index is -1.91. The fraction of sp³-hybridized carbons (Fsp3) is 0.111. The summed E-state index contributed by atoms with van der Waals surface area (Å²) in [5.41, 5.74) is 11.6. The van der Waals surface area contributed by atoms with Crippen LogP contribution in [0.5, 0.6) is 11.5 Å². The lowest BCUT2D eigenvalue weighted by atomic mass is 9.88. The van der Waals surface area contributed by atoms with Crippen LogP contribution in [0.25, 0.3) is 33.4 Å². The van der Waals surface area contributed by atoms with E-state index in [4.69, 9.17) is 27.1 Å². The van der Waals surface area contributed by atoms with Crippen LogP contribution in [0, 0.1) is 13.8 Å². The van der Waals surface area contributed by atoms with Crippen LogP contribution >= 0.6 is 17.2 Å². The van der Waals surface area contributed by atoms with Gasteiger partial charge in [0.25, 0.3) is 0 Å². The highest BCUT2D eigenvalue weighted by molar-refractivity contribution is 7.42. The van der Waals surface area contributed by atoms with Crippen molar-refractivity contribution in [2.75, 3.05) is 0 Å². The maximum Gasteiger partial charge on any atom is 0.398 e. The van der Waals surface area contributed by atoms with Crippen LogP contribution in [-0.4, -0.2) is 0 Å². The van der Waals surface area contributed by atoms with Crippen molar-refractivity contribution in [3.8, 4) is 44.9 Å². The maximum absolute atomic E-state index is 7.21. The molecule has 8 aromatic rings. The standard InChI is InChI=1S/C54H44O6P2/c1-37-33-35-45(39-21-9-3-10-22-39)53(59-61-55-49(41-25-13-5-14-26-41)50(56-61)42-27-15-6-16-28-42)47(37)48-38(2)34-36-46(40-23-11-4-12-24-40)54(48)60-62-57-51(43-29-17-7-18-30-43)52(58-62)44-31-19-8-20-32-44/h3-36,49-52H,1-2H3/t49-,50-,51-,52-/m0/s1. The molecule has 8 heteroatoms. The van der Waals surface area contributed by atoms with Crippen molar-refractivity contribution in [2.45, 2.75) is 38.3 Å².